The molecule has 0 amide bonds. The number of aromatic nitrogens is 2. The lowest BCUT2D eigenvalue weighted by atomic mass is 10.2. The summed E-state index contributed by atoms with van der Waals surface area (Å²) in [5, 5.41) is 0. The third-order valence-electron chi connectivity index (χ3n) is 3.05. The molecular formula is C14H15ClN2O. The monoisotopic (exact) mass is 262 g/mol. The molecule has 0 aromatic carbocycles. The van der Waals surface area contributed by atoms with Crippen molar-refractivity contribution in [1.29, 1.82) is 0 Å². The Bertz CT molecular complexity index is 602. The molecule has 4 heteroatoms. The van der Waals surface area contributed by atoms with Gasteiger partial charge in [0.15, 0.2) is 5.78 Å². The molecule has 0 N–H and O–H groups in total. The molecule has 0 bridgehead atoms. The van der Waals surface area contributed by atoms with Gasteiger partial charge < -0.3 is 4.57 Å². The minimum atomic E-state index is -0.0513. The van der Waals surface area contributed by atoms with Gasteiger partial charge in [-0.25, -0.2) is 4.98 Å². The summed E-state index contributed by atoms with van der Waals surface area (Å²) in [6.07, 6.45) is 1.75. The van der Waals surface area contributed by atoms with Crippen LogP contribution in [0.3, 0.4) is 0 Å². The Labute approximate surface area is 111 Å². The van der Waals surface area contributed by atoms with E-state index < -0.39 is 0 Å². The molecular weight excluding hydrogens is 248 g/mol. The van der Waals surface area contributed by atoms with Crippen molar-refractivity contribution in [2.45, 2.75) is 20.8 Å². The minimum absolute atomic E-state index is 0.00545. The first-order chi connectivity index (χ1) is 8.56. The number of Topliss-reactive ketones (excluding diaryl/α,β-unsaturated/α-hetero) is 1. The van der Waals surface area contributed by atoms with Crippen LogP contribution in [-0.2, 0) is 0 Å². The predicted molar refractivity (Wildman–Crippen MR) is 72.8 cm³/mol. The van der Waals surface area contributed by atoms with Gasteiger partial charge in [0.1, 0.15) is 5.82 Å². The van der Waals surface area contributed by atoms with Gasteiger partial charge in [-0.1, -0.05) is 6.07 Å². The average molecular weight is 263 g/mol. The average Bonchev–Trinajstić information content (AvgIpc) is 2.65. The van der Waals surface area contributed by atoms with E-state index in [4.69, 9.17) is 11.6 Å². The third-order valence-corrected chi connectivity index (χ3v) is 3.29. The van der Waals surface area contributed by atoms with Crippen LogP contribution in [0.25, 0.3) is 5.82 Å². The molecule has 2 heterocycles. The first-order valence-corrected chi connectivity index (χ1v) is 6.29. The van der Waals surface area contributed by atoms with E-state index in [0.717, 1.165) is 22.8 Å². The maximum atomic E-state index is 11.8. The summed E-state index contributed by atoms with van der Waals surface area (Å²) >= 11 is 5.62. The van der Waals surface area contributed by atoms with Gasteiger partial charge in [0.25, 0.3) is 0 Å². The SMILES string of the molecule is Cc1cccnc1-n1c(C)cc(C(=O)CCl)c1C. The number of ketones is 1. The zero-order chi connectivity index (χ0) is 13.3. The molecule has 2 aromatic heterocycles. The van der Waals surface area contributed by atoms with Crippen molar-refractivity contribution in [2.24, 2.45) is 0 Å². The van der Waals surface area contributed by atoms with Crippen LogP contribution >= 0.6 is 11.6 Å². The number of carbonyl (C=O) groups is 1. The molecule has 0 aliphatic carbocycles. The molecule has 18 heavy (non-hydrogen) atoms. The fraction of sp³-hybridized carbons (Fsp3) is 0.286. The second-order valence-corrected chi connectivity index (χ2v) is 4.59. The molecule has 0 saturated carbocycles. The minimum Gasteiger partial charge on any atom is -0.302 e. The maximum Gasteiger partial charge on any atom is 0.179 e. The lowest BCUT2D eigenvalue weighted by Gasteiger charge is -2.11. The van der Waals surface area contributed by atoms with E-state index in [-0.39, 0.29) is 11.7 Å². The van der Waals surface area contributed by atoms with Crippen LogP contribution in [0.2, 0.25) is 0 Å². The molecule has 3 nitrogen and oxygen atoms in total. The number of nitrogens with zero attached hydrogens (tertiary/aromatic N) is 2. The summed E-state index contributed by atoms with van der Waals surface area (Å²) in [4.78, 5) is 16.1. The lowest BCUT2D eigenvalue weighted by molar-refractivity contribution is 0.102. The summed E-state index contributed by atoms with van der Waals surface area (Å²) in [5.41, 5.74) is 3.62. The van der Waals surface area contributed by atoms with Crippen molar-refractivity contribution in [3.8, 4) is 5.82 Å². The van der Waals surface area contributed by atoms with E-state index in [1.54, 1.807) is 6.20 Å². The Morgan fingerprint density at radius 3 is 2.72 bits per heavy atom. The standard InChI is InChI=1S/C14H15ClN2O/c1-9-5-4-6-16-14(9)17-10(2)7-12(11(17)3)13(18)8-15/h4-7H,8H2,1-3H3. The highest BCUT2D eigenvalue weighted by atomic mass is 35.5. The highest BCUT2D eigenvalue weighted by Crippen LogP contribution is 2.22. The Morgan fingerprint density at radius 2 is 2.11 bits per heavy atom. The molecule has 0 saturated heterocycles. The fourth-order valence-electron chi connectivity index (χ4n) is 2.15. The number of hydrogen-bond donors (Lipinski definition) is 0. The Kier molecular flexibility index (Phi) is 3.53. The summed E-state index contributed by atoms with van der Waals surface area (Å²) in [7, 11) is 0. The third kappa shape index (κ3) is 2.06. The van der Waals surface area contributed by atoms with Gasteiger partial charge in [0.05, 0.1) is 5.88 Å². The van der Waals surface area contributed by atoms with Gasteiger partial charge in [-0.3, -0.25) is 4.79 Å². The number of carbonyl (C=O) groups excluding carboxylic acids is 1. The van der Waals surface area contributed by atoms with Gasteiger partial charge in [0, 0.05) is 23.1 Å². The van der Waals surface area contributed by atoms with Crippen LogP contribution in [0.1, 0.15) is 27.3 Å². The van der Waals surface area contributed by atoms with Gasteiger partial charge >= 0.3 is 0 Å². The predicted octanol–water partition coefficient (Wildman–Crippen LogP) is 3.22. The van der Waals surface area contributed by atoms with Crippen molar-refractivity contribution in [1.82, 2.24) is 9.55 Å². The lowest BCUT2D eigenvalue weighted by Crippen LogP contribution is -2.06. The zero-order valence-electron chi connectivity index (χ0n) is 10.7. The Morgan fingerprint density at radius 1 is 1.39 bits per heavy atom. The largest absolute Gasteiger partial charge is 0.302 e. The highest BCUT2D eigenvalue weighted by Gasteiger charge is 2.17. The van der Waals surface area contributed by atoms with Gasteiger partial charge in [-0.2, -0.15) is 0 Å². The number of pyridine rings is 1. The molecule has 2 aromatic rings. The second kappa shape index (κ2) is 4.94. The molecule has 0 aliphatic rings. The molecule has 0 fully saturated rings. The van der Waals surface area contributed by atoms with Crippen LogP contribution in [0.15, 0.2) is 24.4 Å². The van der Waals surface area contributed by atoms with Gasteiger partial charge in [-0.15, -0.1) is 11.6 Å². The van der Waals surface area contributed by atoms with E-state index >= 15 is 0 Å². The van der Waals surface area contributed by atoms with Crippen molar-refractivity contribution >= 4 is 17.4 Å². The van der Waals surface area contributed by atoms with Crippen LogP contribution < -0.4 is 0 Å². The molecule has 0 aliphatic heterocycles. The van der Waals surface area contributed by atoms with E-state index in [1.165, 1.54) is 0 Å². The van der Waals surface area contributed by atoms with E-state index in [9.17, 15) is 4.79 Å². The summed E-state index contributed by atoms with van der Waals surface area (Å²) in [6, 6.07) is 5.77. The van der Waals surface area contributed by atoms with Crippen LogP contribution in [0.4, 0.5) is 0 Å². The van der Waals surface area contributed by atoms with E-state index in [1.807, 2.05) is 43.5 Å². The quantitative estimate of drug-likeness (QED) is 0.629. The zero-order valence-corrected chi connectivity index (χ0v) is 11.5. The first-order valence-electron chi connectivity index (χ1n) is 5.76. The van der Waals surface area contributed by atoms with E-state index in [2.05, 4.69) is 4.98 Å². The van der Waals surface area contributed by atoms with Crippen molar-refractivity contribution in [3.05, 3.63) is 46.9 Å². The van der Waals surface area contributed by atoms with Crippen molar-refractivity contribution in [2.75, 3.05) is 5.88 Å². The number of rotatable bonds is 3. The Hall–Kier alpha value is -1.61. The molecule has 0 atom stereocenters. The summed E-state index contributed by atoms with van der Waals surface area (Å²) < 4.78 is 2.00. The number of halogens is 1. The highest BCUT2D eigenvalue weighted by molar-refractivity contribution is 6.30. The molecule has 2 rings (SSSR count). The number of aryl methyl sites for hydroxylation is 2. The molecule has 0 radical (unpaired) electrons. The van der Waals surface area contributed by atoms with E-state index in [0.29, 0.717) is 5.56 Å². The maximum absolute atomic E-state index is 11.8. The number of alkyl halides is 1. The topological polar surface area (TPSA) is 34.9 Å². The Balaban J connectivity index is 2.63. The van der Waals surface area contributed by atoms with Crippen molar-refractivity contribution in [3.63, 3.8) is 0 Å². The first kappa shape index (κ1) is 12.8. The van der Waals surface area contributed by atoms with Crippen molar-refractivity contribution < 1.29 is 4.79 Å². The normalized spacial score (nSPS) is 10.7. The second-order valence-electron chi connectivity index (χ2n) is 4.32. The molecule has 94 valence electrons. The van der Waals surface area contributed by atoms with Gasteiger partial charge in [-0.05, 0) is 38.5 Å². The molecule has 0 spiro atoms. The van der Waals surface area contributed by atoms with Crippen LogP contribution in [0, 0.1) is 20.8 Å². The summed E-state index contributed by atoms with van der Waals surface area (Å²) in [5.74, 6) is 0.816. The van der Waals surface area contributed by atoms with Crippen LogP contribution in [-0.4, -0.2) is 21.2 Å². The fourth-order valence-corrected chi connectivity index (χ4v) is 2.30. The van der Waals surface area contributed by atoms with Crippen LogP contribution in [0.5, 0.6) is 0 Å². The number of hydrogen-bond acceptors (Lipinski definition) is 2. The smallest absolute Gasteiger partial charge is 0.179 e. The molecule has 0 unspecified atom stereocenters. The summed E-state index contributed by atoms with van der Waals surface area (Å²) in [6.45, 7) is 5.89. The van der Waals surface area contributed by atoms with Gasteiger partial charge in [0.2, 0.25) is 0 Å².